The van der Waals surface area contributed by atoms with Crippen LogP contribution >= 0.6 is 116 Å². The highest BCUT2D eigenvalue weighted by atomic mass is 35.5. The zero-order valence-electron chi connectivity index (χ0n) is 12.9. The van der Waals surface area contributed by atoms with E-state index >= 15 is 0 Å². The standard InChI is InChI=1S/C16H8Cl10/c1-3(5-7(17)11(21)15(25)12(22)8(5)18)4(2)6-9(19)13(23)16(26)14(24)10(6)20/h3-4H,1-2H3. The fraction of sp³-hybridized carbons (Fsp3) is 0.250. The van der Waals surface area contributed by atoms with E-state index in [1.165, 1.54) is 0 Å². The molecule has 2 rings (SSSR count). The van der Waals surface area contributed by atoms with Crippen LogP contribution in [-0.4, -0.2) is 0 Å². The van der Waals surface area contributed by atoms with Gasteiger partial charge < -0.3 is 0 Å². The summed E-state index contributed by atoms with van der Waals surface area (Å²) in [5.74, 6) is -0.629. The Morgan fingerprint density at radius 1 is 0.346 bits per heavy atom. The molecule has 2 aromatic carbocycles. The monoisotopic (exact) mass is 550 g/mol. The Morgan fingerprint density at radius 3 is 0.692 bits per heavy atom. The van der Waals surface area contributed by atoms with E-state index in [0.29, 0.717) is 11.1 Å². The SMILES string of the molecule is CC(c1c(Cl)c(Cl)c(Cl)c(Cl)c1Cl)C(C)c1c(Cl)c(Cl)c(Cl)c(Cl)c1Cl. The maximum Gasteiger partial charge on any atom is 0.0809 e. The first-order chi connectivity index (χ1) is 11.9. The molecule has 0 aliphatic rings. The molecule has 0 spiro atoms. The van der Waals surface area contributed by atoms with Crippen molar-refractivity contribution in [2.75, 3.05) is 0 Å². The first-order valence-electron chi connectivity index (χ1n) is 6.96. The van der Waals surface area contributed by atoms with Gasteiger partial charge in [0.2, 0.25) is 0 Å². The van der Waals surface area contributed by atoms with E-state index in [1.807, 2.05) is 13.8 Å². The number of hydrogen-bond acceptors (Lipinski definition) is 0. The lowest BCUT2D eigenvalue weighted by atomic mass is 9.83. The van der Waals surface area contributed by atoms with Crippen LogP contribution in [0.5, 0.6) is 0 Å². The molecule has 26 heavy (non-hydrogen) atoms. The van der Waals surface area contributed by atoms with Gasteiger partial charge in [0.05, 0.1) is 50.2 Å². The van der Waals surface area contributed by atoms with Crippen LogP contribution in [0.1, 0.15) is 36.8 Å². The summed E-state index contributed by atoms with van der Waals surface area (Å²) in [6, 6.07) is 0. The Balaban J connectivity index is 2.69. The van der Waals surface area contributed by atoms with E-state index in [0.717, 1.165) is 0 Å². The minimum Gasteiger partial charge on any atom is -0.0823 e. The number of hydrogen-bond donors (Lipinski definition) is 0. The lowest BCUT2D eigenvalue weighted by Gasteiger charge is -2.26. The summed E-state index contributed by atoms with van der Waals surface area (Å²) in [5, 5.41) is 1.41. The third-order valence-electron chi connectivity index (χ3n) is 4.15. The van der Waals surface area contributed by atoms with Crippen molar-refractivity contribution in [2.45, 2.75) is 25.7 Å². The van der Waals surface area contributed by atoms with Crippen molar-refractivity contribution in [1.29, 1.82) is 0 Å². The predicted molar refractivity (Wildman–Crippen MR) is 120 cm³/mol. The van der Waals surface area contributed by atoms with Crippen LogP contribution in [0.3, 0.4) is 0 Å². The van der Waals surface area contributed by atoms with Gasteiger partial charge in [0, 0.05) is 0 Å². The Morgan fingerprint density at radius 2 is 0.500 bits per heavy atom. The van der Waals surface area contributed by atoms with Crippen molar-refractivity contribution < 1.29 is 0 Å². The minimum absolute atomic E-state index is 0.0839. The molecule has 142 valence electrons. The molecule has 10 heteroatoms. The fourth-order valence-electron chi connectivity index (χ4n) is 2.54. The summed E-state index contributed by atoms with van der Waals surface area (Å²) in [6.07, 6.45) is 0. The zero-order valence-corrected chi connectivity index (χ0v) is 20.5. The molecular weight excluding hydrogens is 547 g/mol. The average molecular weight is 555 g/mol. The number of benzene rings is 2. The van der Waals surface area contributed by atoms with Gasteiger partial charge in [-0.25, -0.2) is 0 Å². The van der Waals surface area contributed by atoms with Crippen LogP contribution in [-0.2, 0) is 0 Å². The fourth-order valence-corrected chi connectivity index (χ4v) is 5.54. The third-order valence-corrected chi connectivity index (χ3v) is 8.76. The maximum atomic E-state index is 6.37. The highest BCUT2D eigenvalue weighted by Gasteiger charge is 2.31. The first-order valence-corrected chi connectivity index (χ1v) is 10.7. The normalized spacial score (nSPS) is 13.8. The quantitative estimate of drug-likeness (QED) is 0.261. The molecular formula is C16H8Cl10. The molecule has 0 aromatic heterocycles. The second-order valence-electron chi connectivity index (χ2n) is 5.54. The van der Waals surface area contributed by atoms with E-state index in [1.54, 1.807) is 0 Å². The summed E-state index contributed by atoms with van der Waals surface area (Å²) in [6.45, 7) is 3.72. The molecule has 2 atom stereocenters. The second-order valence-corrected chi connectivity index (χ2v) is 9.32. The van der Waals surface area contributed by atoms with Gasteiger partial charge in [-0.3, -0.25) is 0 Å². The topological polar surface area (TPSA) is 0 Å². The van der Waals surface area contributed by atoms with Crippen molar-refractivity contribution >= 4 is 116 Å². The van der Waals surface area contributed by atoms with Gasteiger partial charge in [0.15, 0.2) is 0 Å². The molecule has 0 fully saturated rings. The molecule has 0 radical (unpaired) electrons. The van der Waals surface area contributed by atoms with Crippen LogP contribution in [0.4, 0.5) is 0 Å². The van der Waals surface area contributed by atoms with Crippen LogP contribution < -0.4 is 0 Å². The second kappa shape index (κ2) is 9.00. The van der Waals surface area contributed by atoms with Crippen molar-refractivity contribution in [3.63, 3.8) is 0 Å². The van der Waals surface area contributed by atoms with Crippen molar-refractivity contribution in [3.05, 3.63) is 61.4 Å². The molecule has 0 nitrogen and oxygen atoms in total. The summed E-state index contributed by atoms with van der Waals surface area (Å²) >= 11 is 62.3. The molecule has 0 aliphatic carbocycles. The smallest absolute Gasteiger partial charge is 0.0809 e. The van der Waals surface area contributed by atoms with Gasteiger partial charge in [-0.15, -0.1) is 0 Å². The van der Waals surface area contributed by atoms with Crippen LogP contribution in [0.2, 0.25) is 50.2 Å². The van der Waals surface area contributed by atoms with E-state index in [2.05, 4.69) is 0 Å². The molecule has 0 amide bonds. The molecule has 2 unspecified atom stereocenters. The number of rotatable bonds is 3. The van der Waals surface area contributed by atoms with E-state index in [-0.39, 0.29) is 62.1 Å². The molecule has 0 aliphatic heterocycles. The van der Waals surface area contributed by atoms with Crippen LogP contribution in [0, 0.1) is 0 Å². The summed E-state index contributed by atoms with van der Waals surface area (Å²) in [4.78, 5) is 0. The van der Waals surface area contributed by atoms with Gasteiger partial charge in [0.25, 0.3) is 0 Å². The van der Waals surface area contributed by atoms with Crippen LogP contribution in [0.25, 0.3) is 0 Å². The van der Waals surface area contributed by atoms with Gasteiger partial charge in [0.1, 0.15) is 0 Å². The molecule has 0 N–H and O–H groups in total. The average Bonchev–Trinajstić information content (AvgIpc) is 2.61. The van der Waals surface area contributed by atoms with Gasteiger partial charge in [-0.1, -0.05) is 130 Å². The lowest BCUT2D eigenvalue weighted by molar-refractivity contribution is 0.624. The maximum absolute atomic E-state index is 6.37. The molecule has 0 saturated carbocycles. The van der Waals surface area contributed by atoms with Crippen molar-refractivity contribution in [2.24, 2.45) is 0 Å². The van der Waals surface area contributed by atoms with E-state index in [9.17, 15) is 0 Å². The van der Waals surface area contributed by atoms with Crippen LogP contribution in [0.15, 0.2) is 0 Å². The van der Waals surface area contributed by atoms with E-state index in [4.69, 9.17) is 116 Å². The number of halogens is 10. The van der Waals surface area contributed by atoms with Crippen molar-refractivity contribution in [1.82, 2.24) is 0 Å². The Hall–Kier alpha value is 1.34. The molecule has 0 heterocycles. The Kier molecular flexibility index (Phi) is 8.18. The first kappa shape index (κ1) is 23.6. The van der Waals surface area contributed by atoms with Gasteiger partial charge in [-0.05, 0) is 23.0 Å². The largest absolute Gasteiger partial charge is 0.0823 e. The molecule has 2 aromatic rings. The third kappa shape index (κ3) is 3.99. The Bertz CT molecular complexity index is 758. The highest BCUT2D eigenvalue weighted by Crippen LogP contribution is 2.53. The minimum atomic E-state index is -0.314. The Labute approximate surface area is 201 Å². The van der Waals surface area contributed by atoms with Gasteiger partial charge >= 0.3 is 0 Å². The summed E-state index contributed by atoms with van der Waals surface area (Å²) in [5.41, 5.74) is 1.02. The van der Waals surface area contributed by atoms with Gasteiger partial charge in [-0.2, -0.15) is 0 Å². The lowest BCUT2D eigenvalue weighted by Crippen LogP contribution is -2.09. The highest BCUT2D eigenvalue weighted by molar-refractivity contribution is 6.56. The van der Waals surface area contributed by atoms with E-state index < -0.39 is 0 Å². The van der Waals surface area contributed by atoms with Crippen molar-refractivity contribution in [3.8, 4) is 0 Å². The summed E-state index contributed by atoms with van der Waals surface area (Å²) < 4.78 is 0. The predicted octanol–water partition coefficient (Wildman–Crippen LogP) is 11.1. The zero-order chi connectivity index (χ0) is 20.1. The molecule has 0 bridgehead atoms. The molecule has 0 saturated heterocycles. The summed E-state index contributed by atoms with van der Waals surface area (Å²) in [7, 11) is 0.